The number of nitrogens with zero attached hydrogens (tertiary/aromatic N) is 2. The van der Waals surface area contributed by atoms with Crippen LogP contribution >= 0.6 is 0 Å². The number of ketones is 1. The van der Waals surface area contributed by atoms with Crippen LogP contribution in [0.15, 0.2) is 48.5 Å². The van der Waals surface area contributed by atoms with Crippen molar-refractivity contribution >= 4 is 17.2 Å². The molecule has 0 fully saturated rings. The van der Waals surface area contributed by atoms with Gasteiger partial charge in [-0.2, -0.15) is 0 Å². The molecule has 0 aliphatic carbocycles. The lowest BCUT2D eigenvalue weighted by molar-refractivity contribution is -0.394. The third-order valence-corrected chi connectivity index (χ3v) is 2.80. The van der Waals surface area contributed by atoms with Gasteiger partial charge in [-0.15, -0.1) is 0 Å². The highest BCUT2D eigenvalue weighted by atomic mass is 16.6. The Morgan fingerprint density at radius 2 is 1.68 bits per heavy atom. The van der Waals surface area contributed by atoms with Crippen LogP contribution in [0.1, 0.15) is 10.4 Å². The van der Waals surface area contributed by atoms with E-state index in [-0.39, 0.29) is 11.5 Å². The van der Waals surface area contributed by atoms with Gasteiger partial charge in [0.1, 0.15) is 0 Å². The summed E-state index contributed by atoms with van der Waals surface area (Å²) in [5, 5.41) is 21.6. The van der Waals surface area contributed by atoms with Gasteiger partial charge in [0, 0.05) is 11.6 Å². The Bertz CT molecular complexity index is 729. The van der Waals surface area contributed by atoms with E-state index in [1.54, 1.807) is 30.3 Å². The van der Waals surface area contributed by atoms with Gasteiger partial charge >= 0.3 is 5.69 Å². The predicted molar refractivity (Wildman–Crippen MR) is 76.0 cm³/mol. The van der Waals surface area contributed by atoms with E-state index in [0.717, 1.165) is 18.2 Å². The fraction of sp³-hybridized carbons (Fsp3) is 0.0714. The smallest absolute Gasteiger partial charge is 0.317 e. The molecule has 22 heavy (non-hydrogen) atoms. The van der Waals surface area contributed by atoms with Crippen molar-refractivity contribution in [2.45, 2.75) is 0 Å². The van der Waals surface area contributed by atoms with E-state index in [0.29, 0.717) is 5.56 Å². The number of nitro groups is 2. The van der Waals surface area contributed by atoms with E-state index < -0.39 is 27.8 Å². The molecular formula is C14H10N2O6. The Hall–Kier alpha value is -3.29. The summed E-state index contributed by atoms with van der Waals surface area (Å²) in [7, 11) is 0. The van der Waals surface area contributed by atoms with Gasteiger partial charge < -0.3 is 4.74 Å². The number of nitro benzene ring substituents is 2. The normalized spacial score (nSPS) is 10.0. The van der Waals surface area contributed by atoms with Gasteiger partial charge in [-0.3, -0.25) is 25.0 Å². The molecule has 0 amide bonds. The largest absolute Gasteiger partial charge is 0.478 e. The summed E-state index contributed by atoms with van der Waals surface area (Å²) in [4.78, 5) is 31.9. The molecule has 2 rings (SSSR count). The zero-order chi connectivity index (χ0) is 16.1. The minimum Gasteiger partial charge on any atom is -0.478 e. The SMILES string of the molecule is O=C(COc1ccc([N+](=O)[O-])cc1[N+](=O)[O-])c1ccccc1. The molecule has 0 N–H and O–H groups in total. The van der Waals surface area contributed by atoms with Gasteiger partial charge in [-0.05, 0) is 6.07 Å². The molecule has 0 saturated heterocycles. The Morgan fingerprint density at radius 1 is 1.00 bits per heavy atom. The molecule has 2 aromatic rings. The molecule has 0 heterocycles. The number of carbonyl (C=O) groups is 1. The Balaban J connectivity index is 2.17. The number of non-ortho nitro benzene ring substituents is 1. The summed E-state index contributed by atoms with van der Waals surface area (Å²) in [6.45, 7) is -0.400. The number of hydrogen-bond donors (Lipinski definition) is 0. The average molecular weight is 302 g/mol. The Morgan fingerprint density at radius 3 is 2.27 bits per heavy atom. The molecule has 0 spiro atoms. The lowest BCUT2D eigenvalue weighted by atomic mass is 10.1. The zero-order valence-electron chi connectivity index (χ0n) is 11.2. The maximum absolute atomic E-state index is 11.9. The van der Waals surface area contributed by atoms with E-state index in [1.807, 2.05) is 0 Å². The van der Waals surface area contributed by atoms with Crippen LogP contribution in [-0.2, 0) is 0 Å². The molecule has 0 saturated carbocycles. The molecule has 0 bridgehead atoms. The van der Waals surface area contributed by atoms with Crippen molar-refractivity contribution in [1.82, 2.24) is 0 Å². The van der Waals surface area contributed by atoms with Gasteiger partial charge in [0.2, 0.25) is 0 Å². The van der Waals surface area contributed by atoms with Crippen molar-refractivity contribution < 1.29 is 19.4 Å². The highest BCUT2D eigenvalue weighted by Gasteiger charge is 2.21. The van der Waals surface area contributed by atoms with Crippen LogP contribution in [0.5, 0.6) is 5.75 Å². The summed E-state index contributed by atoms with van der Waals surface area (Å²) < 4.78 is 5.14. The second-order valence-electron chi connectivity index (χ2n) is 4.24. The fourth-order valence-electron chi connectivity index (χ4n) is 1.73. The number of benzene rings is 2. The topological polar surface area (TPSA) is 113 Å². The highest BCUT2D eigenvalue weighted by Crippen LogP contribution is 2.31. The van der Waals surface area contributed by atoms with Crippen molar-refractivity contribution in [2.24, 2.45) is 0 Å². The number of ether oxygens (including phenoxy) is 1. The van der Waals surface area contributed by atoms with Gasteiger partial charge in [0.15, 0.2) is 18.1 Å². The first-order valence-corrected chi connectivity index (χ1v) is 6.13. The average Bonchev–Trinajstić information content (AvgIpc) is 2.53. The second-order valence-corrected chi connectivity index (χ2v) is 4.24. The molecule has 112 valence electrons. The highest BCUT2D eigenvalue weighted by molar-refractivity contribution is 5.97. The predicted octanol–water partition coefficient (Wildman–Crippen LogP) is 2.76. The Labute approximate surface area is 124 Å². The van der Waals surface area contributed by atoms with E-state index in [4.69, 9.17) is 4.74 Å². The van der Waals surface area contributed by atoms with Crippen molar-refractivity contribution in [3.05, 3.63) is 74.3 Å². The summed E-state index contributed by atoms with van der Waals surface area (Å²) in [5.74, 6) is -0.548. The standard InChI is InChI=1S/C14H10N2O6/c17-13(10-4-2-1-3-5-10)9-22-14-7-6-11(15(18)19)8-12(14)16(20)21/h1-8H,9H2. The molecule has 8 heteroatoms. The van der Waals surface area contributed by atoms with Gasteiger partial charge in [-0.25, -0.2) is 0 Å². The first kappa shape index (κ1) is 15.1. The van der Waals surface area contributed by atoms with E-state index >= 15 is 0 Å². The maximum atomic E-state index is 11.9. The number of Topliss-reactive ketones (excluding diaryl/α,β-unsaturated/α-hetero) is 1. The zero-order valence-corrected chi connectivity index (χ0v) is 11.2. The van der Waals surface area contributed by atoms with Crippen LogP contribution in [0, 0.1) is 20.2 Å². The fourth-order valence-corrected chi connectivity index (χ4v) is 1.73. The number of rotatable bonds is 6. The molecule has 0 atom stereocenters. The van der Waals surface area contributed by atoms with Gasteiger partial charge in [0.25, 0.3) is 5.69 Å². The molecule has 0 aromatic heterocycles. The first-order valence-electron chi connectivity index (χ1n) is 6.13. The third-order valence-electron chi connectivity index (χ3n) is 2.80. The summed E-state index contributed by atoms with van der Waals surface area (Å²) >= 11 is 0. The summed E-state index contributed by atoms with van der Waals surface area (Å²) in [6.07, 6.45) is 0. The molecule has 0 aliphatic heterocycles. The molecule has 0 radical (unpaired) electrons. The number of carbonyl (C=O) groups excluding carboxylic acids is 1. The molecular weight excluding hydrogens is 292 g/mol. The summed E-state index contributed by atoms with van der Waals surface area (Å²) in [6, 6.07) is 11.3. The van der Waals surface area contributed by atoms with Crippen LogP contribution in [-0.4, -0.2) is 22.2 Å². The lowest BCUT2D eigenvalue weighted by Crippen LogP contribution is -2.12. The van der Waals surface area contributed by atoms with Crippen LogP contribution in [0.2, 0.25) is 0 Å². The summed E-state index contributed by atoms with van der Waals surface area (Å²) in [5.41, 5.74) is -0.574. The molecule has 0 unspecified atom stereocenters. The Kier molecular flexibility index (Phi) is 4.42. The minimum absolute atomic E-state index is 0.195. The second kappa shape index (κ2) is 6.44. The third kappa shape index (κ3) is 3.42. The van der Waals surface area contributed by atoms with Gasteiger partial charge in [-0.1, -0.05) is 30.3 Å². The van der Waals surface area contributed by atoms with Crippen molar-refractivity contribution in [3.8, 4) is 5.75 Å². The van der Waals surface area contributed by atoms with Crippen molar-refractivity contribution in [2.75, 3.05) is 6.61 Å². The van der Waals surface area contributed by atoms with Crippen LogP contribution < -0.4 is 4.74 Å². The first-order chi connectivity index (χ1) is 10.5. The van der Waals surface area contributed by atoms with Crippen molar-refractivity contribution in [1.29, 1.82) is 0 Å². The minimum atomic E-state index is -0.796. The molecule has 0 aliphatic rings. The lowest BCUT2D eigenvalue weighted by Gasteiger charge is -2.06. The van der Waals surface area contributed by atoms with Crippen molar-refractivity contribution in [3.63, 3.8) is 0 Å². The number of hydrogen-bond acceptors (Lipinski definition) is 6. The quantitative estimate of drug-likeness (QED) is 0.460. The van der Waals surface area contributed by atoms with Crippen LogP contribution in [0.4, 0.5) is 11.4 Å². The van der Waals surface area contributed by atoms with E-state index in [9.17, 15) is 25.0 Å². The van der Waals surface area contributed by atoms with Crippen LogP contribution in [0.25, 0.3) is 0 Å². The van der Waals surface area contributed by atoms with E-state index in [1.165, 1.54) is 0 Å². The van der Waals surface area contributed by atoms with E-state index in [2.05, 4.69) is 0 Å². The van der Waals surface area contributed by atoms with Gasteiger partial charge in [0.05, 0.1) is 15.9 Å². The molecule has 8 nitrogen and oxygen atoms in total. The monoisotopic (exact) mass is 302 g/mol. The van der Waals surface area contributed by atoms with Crippen LogP contribution in [0.3, 0.4) is 0 Å². The molecule has 2 aromatic carbocycles. The maximum Gasteiger partial charge on any atom is 0.317 e.